The van der Waals surface area contributed by atoms with E-state index < -0.39 is 29.5 Å². The molecule has 0 bridgehead atoms. The van der Waals surface area contributed by atoms with Crippen LogP contribution in [0.15, 0.2) is 0 Å². The summed E-state index contributed by atoms with van der Waals surface area (Å²) in [5, 5.41) is 41.9. The summed E-state index contributed by atoms with van der Waals surface area (Å²) >= 11 is 0. The van der Waals surface area contributed by atoms with Crippen molar-refractivity contribution in [1.82, 2.24) is 0 Å². The van der Waals surface area contributed by atoms with E-state index in [1.165, 1.54) is 0 Å². The van der Waals surface area contributed by atoms with E-state index in [-0.39, 0.29) is 23.4 Å². The fraction of sp³-hybridized carbons (Fsp3) is 0.952. The Bertz CT molecular complexity index is 593. The molecule has 4 rings (SSSR count). The van der Waals surface area contributed by atoms with E-state index in [2.05, 4.69) is 6.92 Å². The normalized spacial score (nSPS) is 56.4. The molecule has 4 aliphatic rings. The number of Topliss-reactive ketones (excluding diaryl/α,β-unsaturated/α-hetero) is 1. The molecular weight excluding hydrogens is 332 g/mol. The summed E-state index contributed by atoms with van der Waals surface area (Å²) in [5.41, 5.74) is -2.14. The van der Waals surface area contributed by atoms with Gasteiger partial charge in [-0.05, 0) is 80.5 Å². The second-order valence-corrected chi connectivity index (χ2v) is 10.2. The Hall–Kier alpha value is -0.490. The molecule has 0 saturated heterocycles. The molecule has 0 aromatic carbocycles. The Kier molecular flexibility index (Phi) is 4.35. The number of hydrogen-bond acceptors (Lipinski definition) is 5. The molecule has 0 aromatic heterocycles. The van der Waals surface area contributed by atoms with Gasteiger partial charge in [0.15, 0.2) is 5.78 Å². The number of carbonyl (C=O) groups excluding carboxylic acids is 1. The summed E-state index contributed by atoms with van der Waals surface area (Å²) in [6.07, 6.45) is 5.48. The van der Waals surface area contributed by atoms with E-state index in [9.17, 15) is 25.2 Å². The Labute approximate surface area is 155 Å². The first-order valence-corrected chi connectivity index (χ1v) is 10.4. The van der Waals surface area contributed by atoms with Crippen LogP contribution in [0.25, 0.3) is 0 Å². The minimum absolute atomic E-state index is 0.0323. The second-order valence-electron chi connectivity index (χ2n) is 10.2. The van der Waals surface area contributed by atoms with Gasteiger partial charge < -0.3 is 20.4 Å². The molecule has 0 aromatic rings. The molecule has 0 spiro atoms. The molecule has 148 valence electrons. The van der Waals surface area contributed by atoms with Crippen molar-refractivity contribution in [1.29, 1.82) is 0 Å². The van der Waals surface area contributed by atoms with Crippen molar-refractivity contribution in [2.75, 3.05) is 6.61 Å². The number of rotatable bonds is 2. The Morgan fingerprint density at radius 3 is 2.50 bits per heavy atom. The summed E-state index contributed by atoms with van der Waals surface area (Å²) in [7, 11) is 0. The highest BCUT2D eigenvalue weighted by Gasteiger charge is 2.68. The lowest BCUT2D eigenvalue weighted by atomic mass is 9.43. The van der Waals surface area contributed by atoms with E-state index in [1.807, 2.05) is 6.92 Å². The van der Waals surface area contributed by atoms with Gasteiger partial charge in [0.25, 0.3) is 0 Å². The fourth-order valence-corrected chi connectivity index (χ4v) is 7.95. The van der Waals surface area contributed by atoms with Gasteiger partial charge in [-0.3, -0.25) is 4.79 Å². The van der Waals surface area contributed by atoms with Crippen molar-refractivity contribution in [2.24, 2.45) is 34.5 Å². The number of aliphatic hydroxyl groups excluding tert-OH is 3. The van der Waals surface area contributed by atoms with Crippen molar-refractivity contribution in [3.8, 4) is 0 Å². The maximum Gasteiger partial charge on any atom is 0.190 e. The van der Waals surface area contributed by atoms with Crippen LogP contribution < -0.4 is 0 Å². The van der Waals surface area contributed by atoms with Gasteiger partial charge in [0.05, 0.1) is 12.2 Å². The first-order valence-electron chi connectivity index (χ1n) is 10.4. The zero-order chi connectivity index (χ0) is 18.9. The van der Waals surface area contributed by atoms with Crippen molar-refractivity contribution in [3.63, 3.8) is 0 Å². The van der Waals surface area contributed by atoms with Crippen LogP contribution >= 0.6 is 0 Å². The lowest BCUT2D eigenvalue weighted by molar-refractivity contribution is -0.202. The monoisotopic (exact) mass is 366 g/mol. The predicted molar refractivity (Wildman–Crippen MR) is 96.2 cm³/mol. The molecule has 0 aliphatic heterocycles. The molecule has 1 unspecified atom stereocenters. The summed E-state index contributed by atoms with van der Waals surface area (Å²) < 4.78 is 0. The Balaban J connectivity index is 1.69. The summed E-state index contributed by atoms with van der Waals surface area (Å²) in [5.74, 6) is 0.653. The van der Waals surface area contributed by atoms with Gasteiger partial charge in [-0.15, -0.1) is 0 Å². The molecule has 9 atom stereocenters. The topological polar surface area (TPSA) is 98.0 Å². The number of ketones is 1. The zero-order valence-electron chi connectivity index (χ0n) is 16.0. The Morgan fingerprint density at radius 2 is 1.81 bits per heavy atom. The van der Waals surface area contributed by atoms with Gasteiger partial charge in [-0.1, -0.05) is 13.8 Å². The first kappa shape index (κ1) is 18.9. The number of carbonyl (C=O) groups is 1. The van der Waals surface area contributed by atoms with Gasteiger partial charge in [0, 0.05) is 5.41 Å². The Morgan fingerprint density at radius 1 is 1.08 bits per heavy atom. The molecule has 4 N–H and O–H groups in total. The molecule has 4 aliphatic carbocycles. The maximum absolute atomic E-state index is 12.4. The van der Waals surface area contributed by atoms with Crippen molar-refractivity contribution < 1.29 is 25.2 Å². The molecule has 0 heterocycles. The lowest BCUT2D eigenvalue weighted by Gasteiger charge is -2.62. The van der Waals surface area contributed by atoms with Crippen molar-refractivity contribution in [3.05, 3.63) is 0 Å². The van der Waals surface area contributed by atoms with Crippen molar-refractivity contribution >= 4 is 5.78 Å². The zero-order valence-corrected chi connectivity index (χ0v) is 16.0. The highest BCUT2D eigenvalue weighted by atomic mass is 16.3. The molecule has 26 heavy (non-hydrogen) atoms. The SMILES string of the molecule is C[C@@]12CC[C@H](O)C[C@H]1CC[C@H]1C2[C@H](O)C[C@]2(C)[C@@H]1CC[C@@]2(O)C(=O)CO. The van der Waals surface area contributed by atoms with Gasteiger partial charge in [0.2, 0.25) is 0 Å². The number of hydrogen-bond donors (Lipinski definition) is 4. The predicted octanol–water partition coefficient (Wildman–Crippen LogP) is 1.65. The van der Waals surface area contributed by atoms with E-state index in [1.54, 1.807) is 0 Å². The average Bonchev–Trinajstić information content (AvgIpc) is 2.86. The van der Waals surface area contributed by atoms with Crippen LogP contribution in [0, 0.1) is 34.5 Å². The fourth-order valence-electron chi connectivity index (χ4n) is 7.95. The summed E-state index contributed by atoms with van der Waals surface area (Å²) in [6.45, 7) is 3.61. The second kappa shape index (κ2) is 6.00. The smallest absolute Gasteiger partial charge is 0.190 e. The van der Waals surface area contributed by atoms with E-state index >= 15 is 0 Å². The third kappa shape index (κ3) is 2.27. The van der Waals surface area contributed by atoms with Gasteiger partial charge in [0.1, 0.15) is 12.2 Å². The third-order valence-corrected chi connectivity index (χ3v) is 9.33. The number of fused-ring (bicyclic) bond motifs is 5. The molecule has 4 fully saturated rings. The van der Waals surface area contributed by atoms with Crippen LogP contribution in [-0.2, 0) is 4.79 Å². The molecule has 4 saturated carbocycles. The van der Waals surface area contributed by atoms with E-state index in [4.69, 9.17) is 0 Å². The quantitative estimate of drug-likeness (QED) is 0.596. The standard InChI is InChI=1S/C21H34O5/c1-19-7-5-13(23)9-12(19)3-4-14-15-6-8-21(26,17(25)11-22)20(15,2)10-16(24)18(14)19/h12-16,18,22-24,26H,3-11H2,1-2H3/t12-,13+,14-,15-,16-,18?,19-,20-,21-/m1/s1. The summed E-state index contributed by atoms with van der Waals surface area (Å²) in [6, 6.07) is 0. The number of aliphatic hydroxyl groups is 4. The van der Waals surface area contributed by atoms with E-state index in [0.29, 0.717) is 24.7 Å². The maximum atomic E-state index is 12.4. The largest absolute Gasteiger partial charge is 0.393 e. The highest BCUT2D eigenvalue weighted by Crippen LogP contribution is 2.68. The van der Waals surface area contributed by atoms with Crippen LogP contribution in [0.3, 0.4) is 0 Å². The van der Waals surface area contributed by atoms with Gasteiger partial charge >= 0.3 is 0 Å². The average molecular weight is 366 g/mol. The highest BCUT2D eigenvalue weighted by molar-refractivity contribution is 5.89. The minimum atomic E-state index is -1.52. The van der Waals surface area contributed by atoms with Crippen molar-refractivity contribution in [2.45, 2.75) is 83.0 Å². The molecule has 5 nitrogen and oxygen atoms in total. The molecule has 0 amide bonds. The van der Waals surface area contributed by atoms with Crippen LogP contribution in [0.4, 0.5) is 0 Å². The van der Waals surface area contributed by atoms with Gasteiger partial charge in [-0.2, -0.15) is 0 Å². The van der Waals surface area contributed by atoms with E-state index in [0.717, 1.165) is 38.5 Å². The van der Waals surface area contributed by atoms with Crippen LogP contribution in [0.2, 0.25) is 0 Å². The van der Waals surface area contributed by atoms with Crippen LogP contribution in [0.5, 0.6) is 0 Å². The van der Waals surface area contributed by atoms with Crippen LogP contribution in [-0.4, -0.2) is 50.6 Å². The lowest BCUT2D eigenvalue weighted by Crippen LogP contribution is -2.63. The van der Waals surface area contributed by atoms with Gasteiger partial charge in [-0.25, -0.2) is 0 Å². The summed E-state index contributed by atoms with van der Waals surface area (Å²) in [4.78, 5) is 12.4. The third-order valence-electron chi connectivity index (χ3n) is 9.33. The minimum Gasteiger partial charge on any atom is -0.393 e. The first-order chi connectivity index (χ1) is 12.2. The van der Waals surface area contributed by atoms with Crippen LogP contribution in [0.1, 0.15) is 65.2 Å². The molecular formula is C21H34O5. The molecule has 0 radical (unpaired) electrons. The molecule has 5 heteroatoms.